The number of nitrogens with one attached hydrogen (secondary N) is 2. The van der Waals surface area contributed by atoms with E-state index in [1.165, 1.54) is 11.3 Å². The van der Waals surface area contributed by atoms with Crippen LogP contribution in [0, 0.1) is 11.3 Å². The van der Waals surface area contributed by atoms with Gasteiger partial charge in [-0.2, -0.15) is 0 Å². The van der Waals surface area contributed by atoms with Crippen LogP contribution in [0.3, 0.4) is 0 Å². The predicted octanol–water partition coefficient (Wildman–Crippen LogP) is 2.05. The smallest absolute Gasteiger partial charge is 0.232 e. The van der Waals surface area contributed by atoms with Crippen molar-refractivity contribution in [2.45, 2.75) is 45.1 Å². The molecule has 6 nitrogen and oxygen atoms in total. The van der Waals surface area contributed by atoms with Crippen LogP contribution >= 0.6 is 0 Å². The van der Waals surface area contributed by atoms with E-state index >= 15 is 0 Å². The third-order valence-corrected chi connectivity index (χ3v) is 6.20. The van der Waals surface area contributed by atoms with Crippen molar-refractivity contribution in [3.63, 3.8) is 0 Å². The van der Waals surface area contributed by atoms with Gasteiger partial charge in [-0.05, 0) is 43.0 Å². The molecular formula is C20H25N3O3. The van der Waals surface area contributed by atoms with E-state index in [1.54, 1.807) is 0 Å². The Hall–Kier alpha value is -2.21. The molecule has 0 radical (unpaired) electrons. The number of hydrogen-bond donors (Lipinski definition) is 2. The molecule has 2 atom stereocenters. The first kappa shape index (κ1) is 17.2. The second-order valence-corrected chi connectivity index (χ2v) is 7.75. The highest BCUT2D eigenvalue weighted by Crippen LogP contribution is 2.44. The molecule has 3 fully saturated rings. The summed E-state index contributed by atoms with van der Waals surface area (Å²) < 4.78 is 0. The lowest BCUT2D eigenvalue weighted by Gasteiger charge is -2.37. The third-order valence-electron chi connectivity index (χ3n) is 6.20. The Kier molecular flexibility index (Phi) is 4.53. The van der Waals surface area contributed by atoms with Gasteiger partial charge in [-0.25, -0.2) is 0 Å². The largest absolute Gasteiger partial charge is 0.326 e. The van der Waals surface area contributed by atoms with Crippen molar-refractivity contribution in [2.75, 3.05) is 18.4 Å². The molecule has 3 amide bonds. The molecule has 0 bridgehead atoms. The minimum absolute atomic E-state index is 0.108. The van der Waals surface area contributed by atoms with Gasteiger partial charge in [-0.1, -0.05) is 25.0 Å². The number of imide groups is 1. The van der Waals surface area contributed by atoms with Crippen molar-refractivity contribution < 1.29 is 14.4 Å². The van der Waals surface area contributed by atoms with E-state index in [1.807, 2.05) is 24.3 Å². The first-order chi connectivity index (χ1) is 12.6. The second-order valence-electron chi connectivity index (χ2n) is 7.75. The van der Waals surface area contributed by atoms with Crippen LogP contribution in [0.25, 0.3) is 0 Å². The first-order valence-corrected chi connectivity index (χ1v) is 9.53. The summed E-state index contributed by atoms with van der Waals surface area (Å²) in [5.74, 6) is 0.333. The van der Waals surface area contributed by atoms with Crippen LogP contribution in [0.2, 0.25) is 0 Å². The average Bonchev–Trinajstić information content (AvgIpc) is 3.22. The molecule has 26 heavy (non-hydrogen) atoms. The minimum Gasteiger partial charge on any atom is -0.326 e. The molecule has 1 aliphatic carbocycles. The minimum atomic E-state index is -0.273. The Bertz CT molecular complexity index is 714. The summed E-state index contributed by atoms with van der Waals surface area (Å²) in [6.45, 7) is 2.01. The van der Waals surface area contributed by atoms with Crippen molar-refractivity contribution in [1.29, 1.82) is 0 Å². The predicted molar refractivity (Wildman–Crippen MR) is 97.1 cm³/mol. The van der Waals surface area contributed by atoms with Gasteiger partial charge in [-0.3, -0.25) is 19.3 Å². The fraction of sp³-hybridized carbons (Fsp3) is 0.550. The standard InChI is InChI=1S/C20H25N3O3/c24-17-8-9-18(25)23(17)12-14-4-6-16(7-5-14)22-19(26)20-10-2-1-3-15(20)11-21-13-20/h4-7,15,21H,1-3,8-13H2,(H,22,26)/t15-,20+/m0/s1. The maximum Gasteiger partial charge on any atom is 0.232 e. The zero-order valence-corrected chi connectivity index (χ0v) is 14.9. The van der Waals surface area contributed by atoms with Crippen molar-refractivity contribution in [3.05, 3.63) is 29.8 Å². The van der Waals surface area contributed by atoms with Crippen LogP contribution in [0.5, 0.6) is 0 Å². The topological polar surface area (TPSA) is 78.5 Å². The summed E-state index contributed by atoms with van der Waals surface area (Å²) in [4.78, 5) is 37.7. The molecule has 1 saturated carbocycles. The van der Waals surface area contributed by atoms with Crippen LogP contribution < -0.4 is 10.6 Å². The summed E-state index contributed by atoms with van der Waals surface area (Å²) in [6.07, 6.45) is 5.02. The fourth-order valence-corrected chi connectivity index (χ4v) is 4.62. The average molecular weight is 355 g/mol. The molecule has 2 aliphatic heterocycles. The third kappa shape index (κ3) is 3.03. The molecule has 1 aromatic rings. The Morgan fingerprint density at radius 1 is 1.15 bits per heavy atom. The number of carbonyl (C=O) groups excluding carboxylic acids is 3. The molecule has 1 aromatic carbocycles. The number of rotatable bonds is 4. The Labute approximate surface area is 153 Å². The normalized spacial score (nSPS) is 28.3. The van der Waals surface area contributed by atoms with E-state index < -0.39 is 0 Å². The molecule has 3 aliphatic rings. The lowest BCUT2D eigenvalue weighted by Crippen LogP contribution is -2.44. The van der Waals surface area contributed by atoms with Crippen molar-refractivity contribution in [1.82, 2.24) is 10.2 Å². The number of carbonyl (C=O) groups is 3. The zero-order valence-electron chi connectivity index (χ0n) is 14.9. The molecule has 0 aromatic heterocycles. The van der Waals surface area contributed by atoms with Gasteiger partial charge in [0.25, 0.3) is 0 Å². The second kappa shape index (κ2) is 6.83. The summed E-state index contributed by atoms with van der Waals surface area (Å²) >= 11 is 0. The highest BCUT2D eigenvalue weighted by atomic mass is 16.2. The van der Waals surface area contributed by atoms with Gasteiger partial charge in [-0.15, -0.1) is 0 Å². The molecule has 4 rings (SSSR count). The van der Waals surface area contributed by atoms with Crippen LogP contribution in [0.4, 0.5) is 5.69 Å². The van der Waals surface area contributed by atoms with Crippen molar-refractivity contribution >= 4 is 23.4 Å². The van der Waals surface area contributed by atoms with Crippen LogP contribution in [0.1, 0.15) is 44.1 Å². The van der Waals surface area contributed by atoms with Gasteiger partial charge in [0.05, 0.1) is 12.0 Å². The van der Waals surface area contributed by atoms with Gasteiger partial charge >= 0.3 is 0 Å². The van der Waals surface area contributed by atoms with Gasteiger partial charge < -0.3 is 10.6 Å². The Morgan fingerprint density at radius 3 is 2.62 bits per heavy atom. The lowest BCUT2D eigenvalue weighted by molar-refractivity contribution is -0.139. The van der Waals surface area contributed by atoms with Crippen LogP contribution in [-0.2, 0) is 20.9 Å². The molecule has 0 spiro atoms. The van der Waals surface area contributed by atoms with E-state index in [4.69, 9.17) is 0 Å². The van der Waals surface area contributed by atoms with E-state index in [9.17, 15) is 14.4 Å². The van der Waals surface area contributed by atoms with E-state index in [-0.39, 0.29) is 23.1 Å². The Morgan fingerprint density at radius 2 is 1.88 bits per heavy atom. The molecule has 0 unspecified atom stereocenters. The summed E-state index contributed by atoms with van der Waals surface area (Å²) in [5.41, 5.74) is 1.39. The first-order valence-electron chi connectivity index (χ1n) is 9.53. The zero-order chi connectivity index (χ0) is 18.1. The number of hydrogen-bond acceptors (Lipinski definition) is 4. The number of nitrogens with zero attached hydrogens (tertiary/aromatic N) is 1. The maximum atomic E-state index is 13.0. The molecule has 2 saturated heterocycles. The maximum absolute atomic E-state index is 13.0. The van der Waals surface area contributed by atoms with Gasteiger partial charge in [0.2, 0.25) is 17.7 Å². The number of amides is 3. The quantitative estimate of drug-likeness (QED) is 0.811. The van der Waals surface area contributed by atoms with Gasteiger partial charge in [0.15, 0.2) is 0 Å². The number of likely N-dealkylation sites (tertiary alicyclic amines) is 1. The number of benzene rings is 1. The number of fused-ring (bicyclic) bond motifs is 1. The van der Waals surface area contributed by atoms with Crippen molar-refractivity contribution in [2.24, 2.45) is 11.3 Å². The van der Waals surface area contributed by atoms with Crippen molar-refractivity contribution in [3.8, 4) is 0 Å². The molecule has 2 N–H and O–H groups in total. The molecule has 138 valence electrons. The Balaban J connectivity index is 1.42. The summed E-state index contributed by atoms with van der Waals surface area (Å²) in [5, 5.41) is 6.49. The van der Waals surface area contributed by atoms with Crippen LogP contribution in [-0.4, -0.2) is 35.7 Å². The fourth-order valence-electron chi connectivity index (χ4n) is 4.62. The number of anilines is 1. The molecule has 6 heteroatoms. The highest BCUT2D eigenvalue weighted by molar-refractivity contribution is 6.01. The van der Waals surface area contributed by atoms with Crippen LogP contribution in [0.15, 0.2) is 24.3 Å². The van der Waals surface area contributed by atoms with Gasteiger partial charge in [0, 0.05) is 25.1 Å². The van der Waals surface area contributed by atoms with Gasteiger partial charge in [0.1, 0.15) is 0 Å². The molecule has 2 heterocycles. The molecular weight excluding hydrogens is 330 g/mol. The summed E-state index contributed by atoms with van der Waals surface area (Å²) in [6, 6.07) is 7.46. The van der Waals surface area contributed by atoms with E-state index in [0.717, 1.165) is 43.6 Å². The monoisotopic (exact) mass is 355 g/mol. The summed E-state index contributed by atoms with van der Waals surface area (Å²) in [7, 11) is 0. The van der Waals surface area contributed by atoms with E-state index in [0.29, 0.717) is 25.3 Å². The SMILES string of the molecule is O=C1CCC(=O)N1Cc1ccc(NC(=O)[C@@]23CCCC[C@H]2CNC3)cc1. The van der Waals surface area contributed by atoms with E-state index in [2.05, 4.69) is 10.6 Å². The lowest BCUT2D eigenvalue weighted by atomic mass is 9.67. The highest BCUT2D eigenvalue weighted by Gasteiger charge is 2.49.